The quantitative estimate of drug-likeness (QED) is 0.561. The van der Waals surface area contributed by atoms with Crippen molar-refractivity contribution in [2.24, 2.45) is 0 Å². The Balaban J connectivity index is 1.51. The predicted octanol–water partition coefficient (Wildman–Crippen LogP) is 4.00. The van der Waals surface area contributed by atoms with E-state index in [4.69, 9.17) is 9.84 Å². The Bertz CT molecular complexity index is 1010. The van der Waals surface area contributed by atoms with E-state index >= 15 is 0 Å². The van der Waals surface area contributed by atoms with Gasteiger partial charge in [-0.25, -0.2) is 4.79 Å². The first-order valence-corrected chi connectivity index (χ1v) is 9.15. The van der Waals surface area contributed by atoms with Crippen LogP contribution >= 0.6 is 0 Å². The molecular weight excluding hydrogens is 368 g/mol. The summed E-state index contributed by atoms with van der Waals surface area (Å²) in [7, 11) is 0. The van der Waals surface area contributed by atoms with Crippen molar-refractivity contribution >= 4 is 17.5 Å². The molecule has 0 radical (unpaired) electrons. The molecule has 146 valence electrons. The van der Waals surface area contributed by atoms with E-state index in [2.05, 4.69) is 0 Å². The fraction of sp³-hybridized carbons (Fsp3) is 0.125. The normalized spacial score (nSPS) is 10.3. The molecule has 1 N–H and O–H groups in total. The second-order valence-electron chi connectivity index (χ2n) is 6.62. The van der Waals surface area contributed by atoms with Gasteiger partial charge >= 0.3 is 5.97 Å². The van der Waals surface area contributed by atoms with Gasteiger partial charge in [-0.3, -0.25) is 9.59 Å². The van der Waals surface area contributed by atoms with Crippen molar-refractivity contribution in [1.29, 1.82) is 0 Å². The van der Waals surface area contributed by atoms with Gasteiger partial charge in [0.15, 0.2) is 11.6 Å². The smallest absolute Gasteiger partial charge is 0.335 e. The van der Waals surface area contributed by atoms with E-state index in [1.807, 2.05) is 18.2 Å². The Morgan fingerprint density at radius 1 is 0.724 bits per heavy atom. The Morgan fingerprint density at radius 3 is 2.10 bits per heavy atom. The molecule has 3 rings (SSSR count). The second-order valence-corrected chi connectivity index (χ2v) is 6.62. The lowest BCUT2D eigenvalue weighted by Crippen LogP contribution is -2.14. The highest BCUT2D eigenvalue weighted by Gasteiger charge is 2.09. The van der Waals surface area contributed by atoms with Crippen LogP contribution in [0.1, 0.15) is 31.8 Å². The minimum Gasteiger partial charge on any atom is -0.486 e. The van der Waals surface area contributed by atoms with Crippen LogP contribution < -0.4 is 4.74 Å². The summed E-state index contributed by atoms with van der Waals surface area (Å²) in [6.45, 7) is -0.112. The predicted molar refractivity (Wildman–Crippen MR) is 109 cm³/mol. The molecule has 0 aliphatic carbocycles. The number of carboxylic acid groups (broad SMARTS) is 1. The highest BCUT2D eigenvalue weighted by Crippen LogP contribution is 2.15. The Hall–Kier alpha value is -3.73. The van der Waals surface area contributed by atoms with E-state index in [9.17, 15) is 14.4 Å². The molecule has 0 atom stereocenters. The van der Waals surface area contributed by atoms with Gasteiger partial charge in [0.05, 0.1) is 5.56 Å². The summed E-state index contributed by atoms with van der Waals surface area (Å²) in [5.41, 5.74) is 2.32. The van der Waals surface area contributed by atoms with Gasteiger partial charge < -0.3 is 9.84 Å². The molecule has 0 aliphatic heterocycles. The minimum absolute atomic E-state index is 0.0398. The van der Waals surface area contributed by atoms with Gasteiger partial charge in [0.25, 0.3) is 0 Å². The Kier molecular flexibility index (Phi) is 6.53. The first kappa shape index (κ1) is 20.0. The number of Topliss-reactive ketones (excluding diaryl/α,β-unsaturated/α-hetero) is 2. The molecule has 29 heavy (non-hydrogen) atoms. The minimum atomic E-state index is -1.03. The van der Waals surface area contributed by atoms with Crippen molar-refractivity contribution < 1.29 is 24.2 Å². The maximum atomic E-state index is 12.2. The molecule has 5 nitrogen and oxygen atoms in total. The van der Waals surface area contributed by atoms with Gasteiger partial charge in [0.1, 0.15) is 12.4 Å². The van der Waals surface area contributed by atoms with Gasteiger partial charge in [-0.1, -0.05) is 54.6 Å². The molecule has 0 amide bonds. The van der Waals surface area contributed by atoms with Crippen molar-refractivity contribution in [2.75, 3.05) is 6.61 Å². The Labute approximate surface area is 168 Å². The summed E-state index contributed by atoms with van der Waals surface area (Å²) in [6.07, 6.45) is 0.397. The van der Waals surface area contributed by atoms with Gasteiger partial charge in [-0.2, -0.15) is 0 Å². The topological polar surface area (TPSA) is 80.7 Å². The largest absolute Gasteiger partial charge is 0.486 e. The van der Waals surface area contributed by atoms with Crippen LogP contribution in [0, 0.1) is 0 Å². The van der Waals surface area contributed by atoms with Crippen molar-refractivity contribution in [1.82, 2.24) is 0 Å². The first-order valence-electron chi connectivity index (χ1n) is 9.15. The molecule has 0 bridgehead atoms. The molecular formula is C24H20O5. The van der Waals surface area contributed by atoms with Crippen LogP contribution in [-0.2, 0) is 17.6 Å². The monoisotopic (exact) mass is 388 g/mol. The molecule has 0 fully saturated rings. The summed E-state index contributed by atoms with van der Waals surface area (Å²) in [5, 5.41) is 9.01. The molecule has 0 aliphatic rings. The van der Waals surface area contributed by atoms with Crippen molar-refractivity contribution in [3.8, 4) is 5.75 Å². The van der Waals surface area contributed by atoms with Crippen LogP contribution in [0.25, 0.3) is 0 Å². The number of benzene rings is 3. The number of carbonyl (C=O) groups excluding carboxylic acids is 2. The van der Waals surface area contributed by atoms with Gasteiger partial charge in [-0.05, 0) is 35.4 Å². The zero-order chi connectivity index (χ0) is 20.6. The number of hydrogen-bond donors (Lipinski definition) is 1. The molecule has 0 unspecified atom stereocenters. The standard InChI is InChI=1S/C24H20O5/c25-21(14-18-5-4-8-20(13-18)24(27)28)16-29-22-11-9-17(10-12-22)15-23(26)19-6-2-1-3-7-19/h1-13H,14-16H2,(H,27,28). The number of ketones is 2. The molecule has 0 saturated carbocycles. The van der Waals surface area contributed by atoms with E-state index in [1.165, 1.54) is 12.1 Å². The van der Waals surface area contributed by atoms with E-state index in [0.717, 1.165) is 5.56 Å². The summed E-state index contributed by atoms with van der Waals surface area (Å²) >= 11 is 0. The van der Waals surface area contributed by atoms with Gasteiger partial charge in [0, 0.05) is 18.4 Å². The van der Waals surface area contributed by atoms with Crippen molar-refractivity contribution in [3.05, 3.63) is 101 Å². The number of aromatic carboxylic acids is 1. The number of rotatable bonds is 9. The third kappa shape index (κ3) is 5.87. The average molecular weight is 388 g/mol. The summed E-state index contributed by atoms with van der Waals surface area (Å²) in [6, 6.07) is 22.5. The number of ether oxygens (including phenoxy) is 1. The van der Waals surface area contributed by atoms with E-state index in [1.54, 1.807) is 48.5 Å². The molecule has 3 aromatic carbocycles. The van der Waals surface area contributed by atoms with Crippen LogP contribution in [0.4, 0.5) is 0 Å². The molecule has 3 aromatic rings. The van der Waals surface area contributed by atoms with Crippen LogP contribution in [0.5, 0.6) is 5.75 Å². The molecule has 0 spiro atoms. The fourth-order valence-electron chi connectivity index (χ4n) is 2.87. The van der Waals surface area contributed by atoms with Crippen LogP contribution in [0.3, 0.4) is 0 Å². The zero-order valence-corrected chi connectivity index (χ0v) is 15.7. The lowest BCUT2D eigenvalue weighted by Gasteiger charge is -2.07. The summed E-state index contributed by atoms with van der Waals surface area (Å²) < 4.78 is 5.51. The van der Waals surface area contributed by atoms with Gasteiger partial charge in [-0.15, -0.1) is 0 Å². The highest BCUT2D eigenvalue weighted by molar-refractivity contribution is 5.97. The molecule has 0 aromatic heterocycles. The molecule has 0 heterocycles. The number of carboxylic acids is 1. The van der Waals surface area contributed by atoms with E-state index in [0.29, 0.717) is 23.3 Å². The lowest BCUT2D eigenvalue weighted by atomic mass is 10.0. The van der Waals surface area contributed by atoms with Crippen LogP contribution in [-0.4, -0.2) is 29.2 Å². The zero-order valence-electron chi connectivity index (χ0n) is 15.7. The first-order chi connectivity index (χ1) is 14.0. The number of hydrogen-bond acceptors (Lipinski definition) is 4. The molecule has 5 heteroatoms. The maximum absolute atomic E-state index is 12.2. The summed E-state index contributed by atoms with van der Waals surface area (Å²) in [4.78, 5) is 35.4. The van der Waals surface area contributed by atoms with Crippen molar-refractivity contribution in [2.45, 2.75) is 12.8 Å². The van der Waals surface area contributed by atoms with Crippen LogP contribution in [0.2, 0.25) is 0 Å². The summed E-state index contributed by atoms with van der Waals surface area (Å²) in [5.74, 6) is -0.608. The van der Waals surface area contributed by atoms with E-state index in [-0.39, 0.29) is 30.2 Å². The SMILES string of the molecule is O=C(COc1ccc(CC(=O)c2ccccc2)cc1)Cc1cccc(C(=O)O)c1. The maximum Gasteiger partial charge on any atom is 0.335 e. The second kappa shape index (κ2) is 9.46. The van der Waals surface area contributed by atoms with Crippen LogP contribution in [0.15, 0.2) is 78.9 Å². The number of carbonyl (C=O) groups is 3. The van der Waals surface area contributed by atoms with Gasteiger partial charge in [0.2, 0.25) is 0 Å². The third-order valence-electron chi connectivity index (χ3n) is 4.36. The highest BCUT2D eigenvalue weighted by atomic mass is 16.5. The van der Waals surface area contributed by atoms with Crippen molar-refractivity contribution in [3.63, 3.8) is 0 Å². The third-order valence-corrected chi connectivity index (χ3v) is 4.36. The fourth-order valence-corrected chi connectivity index (χ4v) is 2.87. The average Bonchev–Trinajstić information content (AvgIpc) is 2.74. The molecule has 0 saturated heterocycles. The van der Waals surface area contributed by atoms with E-state index < -0.39 is 5.97 Å². The Morgan fingerprint density at radius 2 is 1.41 bits per heavy atom. The lowest BCUT2D eigenvalue weighted by molar-refractivity contribution is -0.120.